The third-order valence-corrected chi connectivity index (χ3v) is 4.15. The molecule has 0 amide bonds. The highest BCUT2D eigenvalue weighted by Crippen LogP contribution is 2.34. The molecule has 1 aromatic heterocycles. The molecular formula is C17H29N3. The van der Waals surface area contributed by atoms with Gasteiger partial charge >= 0.3 is 0 Å². The van der Waals surface area contributed by atoms with Crippen molar-refractivity contribution in [3.63, 3.8) is 0 Å². The minimum Gasteiger partial charge on any atom is -0.370 e. The second kappa shape index (κ2) is 8.25. The molecule has 2 heterocycles. The lowest BCUT2D eigenvalue weighted by atomic mass is 9.95. The van der Waals surface area contributed by atoms with Crippen LogP contribution in [0.25, 0.3) is 0 Å². The topological polar surface area (TPSA) is 28.2 Å². The van der Waals surface area contributed by atoms with Crippen molar-refractivity contribution in [1.82, 2.24) is 9.88 Å². The predicted molar refractivity (Wildman–Crippen MR) is 86.1 cm³/mol. The number of hydrogen-bond donors (Lipinski definition) is 1. The molecule has 3 heteroatoms. The Bertz CT molecular complexity index is 390. The molecule has 0 bridgehead atoms. The van der Waals surface area contributed by atoms with Crippen molar-refractivity contribution in [2.45, 2.75) is 58.4 Å². The molecule has 112 valence electrons. The van der Waals surface area contributed by atoms with E-state index in [0.717, 1.165) is 12.4 Å². The molecule has 2 rings (SSSR count). The van der Waals surface area contributed by atoms with Crippen molar-refractivity contribution >= 4 is 5.82 Å². The van der Waals surface area contributed by atoms with E-state index in [9.17, 15) is 0 Å². The molecular weight excluding hydrogens is 246 g/mol. The first-order valence-corrected chi connectivity index (χ1v) is 8.29. The summed E-state index contributed by atoms with van der Waals surface area (Å²) in [6, 6.07) is 4.90. The van der Waals surface area contributed by atoms with Crippen LogP contribution >= 0.6 is 0 Å². The van der Waals surface area contributed by atoms with Crippen LogP contribution in [0.4, 0.5) is 5.82 Å². The van der Waals surface area contributed by atoms with E-state index in [2.05, 4.69) is 41.2 Å². The van der Waals surface area contributed by atoms with Gasteiger partial charge in [0.05, 0.1) is 0 Å². The molecule has 0 saturated carbocycles. The highest BCUT2D eigenvalue weighted by molar-refractivity contribution is 5.45. The Labute approximate surface area is 123 Å². The van der Waals surface area contributed by atoms with E-state index in [1.807, 2.05) is 6.20 Å². The van der Waals surface area contributed by atoms with E-state index < -0.39 is 0 Å². The van der Waals surface area contributed by atoms with Crippen LogP contribution < -0.4 is 5.32 Å². The van der Waals surface area contributed by atoms with Gasteiger partial charge in [-0.3, -0.25) is 4.90 Å². The molecule has 1 aliphatic heterocycles. The number of nitrogens with one attached hydrogen (secondary N) is 1. The summed E-state index contributed by atoms with van der Waals surface area (Å²) in [6.07, 6.45) is 9.53. The number of nitrogens with zero attached hydrogens (tertiary/aromatic N) is 2. The lowest BCUT2D eigenvalue weighted by molar-refractivity contribution is 0.149. The van der Waals surface area contributed by atoms with Gasteiger partial charge in [-0.1, -0.05) is 32.8 Å². The Morgan fingerprint density at radius 3 is 3.00 bits per heavy atom. The van der Waals surface area contributed by atoms with E-state index in [-0.39, 0.29) is 0 Å². The Morgan fingerprint density at radius 2 is 2.20 bits per heavy atom. The summed E-state index contributed by atoms with van der Waals surface area (Å²) in [5.41, 5.74) is 1.40. The maximum Gasteiger partial charge on any atom is 0.130 e. The fraction of sp³-hybridized carbons (Fsp3) is 0.706. The summed E-state index contributed by atoms with van der Waals surface area (Å²) in [5.74, 6) is 1.11. The van der Waals surface area contributed by atoms with Gasteiger partial charge < -0.3 is 5.32 Å². The molecule has 1 saturated heterocycles. The summed E-state index contributed by atoms with van der Waals surface area (Å²) in [4.78, 5) is 7.23. The van der Waals surface area contributed by atoms with Crippen LogP contribution in [-0.2, 0) is 0 Å². The molecule has 0 aliphatic carbocycles. The van der Waals surface area contributed by atoms with Crippen LogP contribution in [0.2, 0.25) is 0 Å². The van der Waals surface area contributed by atoms with Crippen LogP contribution in [0.5, 0.6) is 0 Å². The average molecular weight is 275 g/mol. The van der Waals surface area contributed by atoms with Gasteiger partial charge in [-0.05, 0) is 44.8 Å². The van der Waals surface area contributed by atoms with Crippen LogP contribution in [0.15, 0.2) is 18.3 Å². The lowest BCUT2D eigenvalue weighted by Gasteiger charge is -2.36. The summed E-state index contributed by atoms with van der Waals surface area (Å²) < 4.78 is 0. The van der Waals surface area contributed by atoms with Crippen molar-refractivity contribution in [3.05, 3.63) is 23.9 Å². The molecule has 0 aromatic carbocycles. The third-order valence-electron chi connectivity index (χ3n) is 4.15. The molecule has 20 heavy (non-hydrogen) atoms. The second-order valence-electron chi connectivity index (χ2n) is 5.77. The van der Waals surface area contributed by atoms with Crippen LogP contribution in [0, 0.1) is 0 Å². The minimum absolute atomic E-state index is 0.557. The minimum atomic E-state index is 0.557. The van der Waals surface area contributed by atoms with Gasteiger partial charge in [0.25, 0.3) is 0 Å². The Balaban J connectivity index is 2.12. The highest BCUT2D eigenvalue weighted by atomic mass is 15.2. The third kappa shape index (κ3) is 3.95. The smallest absolute Gasteiger partial charge is 0.130 e. The highest BCUT2D eigenvalue weighted by Gasteiger charge is 2.25. The number of anilines is 1. The Morgan fingerprint density at radius 1 is 1.30 bits per heavy atom. The van der Waals surface area contributed by atoms with Gasteiger partial charge in [0.2, 0.25) is 0 Å². The standard InChI is InChI=1S/C17H29N3/c1-3-5-11-18-17-15(9-8-12-19-17)16-10-6-7-14-20(16)13-4-2/h8-9,12,16H,3-7,10-11,13-14H2,1-2H3,(H,18,19)/t16-/m1/s1. The maximum atomic E-state index is 4.58. The maximum absolute atomic E-state index is 4.58. The number of unbranched alkanes of at least 4 members (excludes halogenated alkanes) is 1. The Kier molecular flexibility index (Phi) is 6.31. The molecule has 0 radical (unpaired) electrons. The first kappa shape index (κ1) is 15.3. The molecule has 1 aliphatic rings. The quantitative estimate of drug-likeness (QED) is 0.755. The molecule has 1 fully saturated rings. The largest absolute Gasteiger partial charge is 0.370 e. The number of aromatic nitrogens is 1. The SMILES string of the molecule is CCCCNc1ncccc1[C@H]1CCCCN1CCC. The predicted octanol–water partition coefficient (Wildman–Crippen LogP) is 4.23. The normalized spacial score (nSPS) is 20.0. The number of hydrogen-bond acceptors (Lipinski definition) is 3. The zero-order valence-electron chi connectivity index (χ0n) is 13.1. The zero-order valence-corrected chi connectivity index (χ0v) is 13.1. The van der Waals surface area contributed by atoms with Crippen molar-refractivity contribution in [3.8, 4) is 0 Å². The van der Waals surface area contributed by atoms with E-state index in [4.69, 9.17) is 0 Å². The number of pyridine rings is 1. The van der Waals surface area contributed by atoms with E-state index >= 15 is 0 Å². The first-order valence-electron chi connectivity index (χ1n) is 8.29. The molecule has 0 spiro atoms. The molecule has 0 unspecified atom stereocenters. The van der Waals surface area contributed by atoms with Gasteiger partial charge in [0.15, 0.2) is 0 Å². The second-order valence-corrected chi connectivity index (χ2v) is 5.77. The summed E-state index contributed by atoms with van der Waals surface area (Å²) in [6.45, 7) is 7.97. The van der Waals surface area contributed by atoms with Crippen molar-refractivity contribution in [1.29, 1.82) is 0 Å². The van der Waals surface area contributed by atoms with Gasteiger partial charge in [-0.2, -0.15) is 0 Å². The number of rotatable bonds is 7. The van der Waals surface area contributed by atoms with Crippen molar-refractivity contribution < 1.29 is 0 Å². The summed E-state index contributed by atoms with van der Waals surface area (Å²) >= 11 is 0. The summed E-state index contributed by atoms with van der Waals surface area (Å²) in [7, 11) is 0. The fourth-order valence-corrected chi connectivity index (χ4v) is 3.12. The number of likely N-dealkylation sites (tertiary alicyclic amines) is 1. The first-order chi connectivity index (χ1) is 9.86. The zero-order chi connectivity index (χ0) is 14.2. The van der Waals surface area contributed by atoms with Crippen molar-refractivity contribution in [2.24, 2.45) is 0 Å². The van der Waals surface area contributed by atoms with Crippen LogP contribution in [0.3, 0.4) is 0 Å². The molecule has 3 nitrogen and oxygen atoms in total. The van der Waals surface area contributed by atoms with Gasteiger partial charge in [0, 0.05) is 24.3 Å². The molecule has 1 N–H and O–H groups in total. The monoisotopic (exact) mass is 275 g/mol. The van der Waals surface area contributed by atoms with Gasteiger partial charge in [-0.25, -0.2) is 4.98 Å². The van der Waals surface area contributed by atoms with Crippen molar-refractivity contribution in [2.75, 3.05) is 25.0 Å². The molecule has 1 atom stereocenters. The van der Waals surface area contributed by atoms with E-state index in [1.165, 1.54) is 57.2 Å². The number of piperidine rings is 1. The van der Waals surface area contributed by atoms with Gasteiger partial charge in [0.1, 0.15) is 5.82 Å². The summed E-state index contributed by atoms with van der Waals surface area (Å²) in [5, 5.41) is 3.54. The Hall–Kier alpha value is -1.09. The van der Waals surface area contributed by atoms with E-state index in [1.54, 1.807) is 0 Å². The van der Waals surface area contributed by atoms with Gasteiger partial charge in [-0.15, -0.1) is 0 Å². The molecule has 1 aromatic rings. The van der Waals surface area contributed by atoms with Crippen LogP contribution in [-0.4, -0.2) is 29.5 Å². The van der Waals surface area contributed by atoms with Crippen LogP contribution in [0.1, 0.15) is 64.0 Å². The fourth-order valence-electron chi connectivity index (χ4n) is 3.12. The average Bonchev–Trinajstić information content (AvgIpc) is 2.49. The lowest BCUT2D eigenvalue weighted by Crippen LogP contribution is -2.34. The van der Waals surface area contributed by atoms with E-state index in [0.29, 0.717) is 6.04 Å².